The van der Waals surface area contributed by atoms with Crippen molar-refractivity contribution < 1.29 is 14.7 Å². The molecule has 4 rings (SSSR count). The number of aliphatic carboxylic acids is 1. The average molecular weight is 351 g/mol. The summed E-state index contributed by atoms with van der Waals surface area (Å²) in [4.78, 5) is 33.7. The number of carbonyl (C=O) groups is 2. The van der Waals surface area contributed by atoms with Crippen molar-refractivity contribution in [1.29, 1.82) is 0 Å². The summed E-state index contributed by atoms with van der Waals surface area (Å²) in [5, 5.41) is 10.1. The molecule has 0 saturated carbocycles. The third-order valence-electron chi connectivity index (χ3n) is 4.49. The van der Waals surface area contributed by atoms with E-state index in [-0.39, 0.29) is 5.91 Å². The lowest BCUT2D eigenvalue weighted by molar-refractivity contribution is -0.141. The largest absolute Gasteiger partial charge is 0.481 e. The van der Waals surface area contributed by atoms with Crippen LogP contribution in [0.15, 0.2) is 6.07 Å². The molecule has 6 nitrogen and oxygen atoms in total. The maximum Gasteiger partial charge on any atom is 0.308 e. The molecule has 0 spiro atoms. The van der Waals surface area contributed by atoms with Gasteiger partial charge in [0.25, 0.3) is 5.91 Å². The third kappa shape index (κ3) is 2.70. The zero-order chi connectivity index (χ0) is 16.0. The second-order valence-corrected chi connectivity index (χ2v) is 8.09. The number of rotatable bonds is 3. The first-order valence-electron chi connectivity index (χ1n) is 7.79. The number of likely N-dealkylation sites (tertiary alicyclic amines) is 1. The van der Waals surface area contributed by atoms with Gasteiger partial charge < -0.3 is 14.9 Å². The zero-order valence-electron chi connectivity index (χ0n) is 12.5. The molecule has 2 aliphatic rings. The van der Waals surface area contributed by atoms with Gasteiger partial charge in [-0.25, -0.2) is 4.98 Å². The van der Waals surface area contributed by atoms with Crippen LogP contribution in [-0.4, -0.2) is 53.0 Å². The molecule has 4 heterocycles. The number of carboxylic acid groups (broad SMARTS) is 1. The molecule has 2 aromatic heterocycles. The van der Waals surface area contributed by atoms with E-state index in [4.69, 9.17) is 5.11 Å². The van der Waals surface area contributed by atoms with Crippen LogP contribution in [0.5, 0.6) is 0 Å². The van der Waals surface area contributed by atoms with Gasteiger partial charge in [-0.15, -0.1) is 11.3 Å². The lowest BCUT2D eigenvalue weighted by Crippen LogP contribution is -2.29. The summed E-state index contributed by atoms with van der Waals surface area (Å²) in [7, 11) is 0. The first-order valence-corrected chi connectivity index (χ1v) is 9.42. The Morgan fingerprint density at radius 3 is 2.65 bits per heavy atom. The molecular weight excluding hydrogens is 334 g/mol. The van der Waals surface area contributed by atoms with E-state index in [0.29, 0.717) is 24.4 Å². The number of aromatic nitrogens is 1. The maximum atomic E-state index is 12.5. The van der Waals surface area contributed by atoms with Crippen molar-refractivity contribution in [2.45, 2.75) is 19.3 Å². The van der Waals surface area contributed by atoms with Crippen LogP contribution in [0.2, 0.25) is 0 Å². The SMILES string of the molecule is O=C(O)C1CCN(C(=O)c2cc3sc(N4CCCC4)nc3s2)C1. The van der Waals surface area contributed by atoms with Gasteiger partial charge in [-0.1, -0.05) is 11.3 Å². The molecule has 1 atom stereocenters. The molecule has 0 radical (unpaired) electrons. The molecule has 1 N–H and O–H groups in total. The van der Waals surface area contributed by atoms with Crippen molar-refractivity contribution in [2.24, 2.45) is 5.92 Å². The summed E-state index contributed by atoms with van der Waals surface area (Å²) in [5.74, 6) is -1.31. The summed E-state index contributed by atoms with van der Waals surface area (Å²) in [6, 6.07) is 1.91. The lowest BCUT2D eigenvalue weighted by atomic mass is 10.1. The van der Waals surface area contributed by atoms with Gasteiger partial charge in [0.15, 0.2) is 5.13 Å². The third-order valence-corrected chi connectivity index (χ3v) is 6.70. The van der Waals surface area contributed by atoms with Gasteiger partial charge in [0.1, 0.15) is 4.83 Å². The molecule has 8 heteroatoms. The molecule has 23 heavy (non-hydrogen) atoms. The number of hydrogen-bond donors (Lipinski definition) is 1. The van der Waals surface area contributed by atoms with Crippen LogP contribution in [0, 0.1) is 5.92 Å². The monoisotopic (exact) mass is 351 g/mol. The Kier molecular flexibility index (Phi) is 3.73. The molecule has 1 unspecified atom stereocenters. The van der Waals surface area contributed by atoms with Crippen molar-refractivity contribution in [3.8, 4) is 0 Å². The Morgan fingerprint density at radius 2 is 2.00 bits per heavy atom. The van der Waals surface area contributed by atoms with E-state index in [1.807, 2.05) is 6.07 Å². The minimum absolute atomic E-state index is 0.0633. The van der Waals surface area contributed by atoms with E-state index >= 15 is 0 Å². The minimum Gasteiger partial charge on any atom is -0.481 e. The Balaban J connectivity index is 1.52. The van der Waals surface area contributed by atoms with E-state index in [1.165, 1.54) is 24.2 Å². The highest BCUT2D eigenvalue weighted by Crippen LogP contribution is 2.36. The molecule has 2 aromatic rings. The predicted molar refractivity (Wildman–Crippen MR) is 90.6 cm³/mol. The molecule has 1 amide bonds. The highest BCUT2D eigenvalue weighted by molar-refractivity contribution is 7.29. The van der Waals surface area contributed by atoms with Gasteiger partial charge in [0.05, 0.1) is 15.5 Å². The second-order valence-electron chi connectivity index (χ2n) is 6.05. The summed E-state index contributed by atoms with van der Waals surface area (Å²) in [5.41, 5.74) is 0. The van der Waals surface area contributed by atoms with Crippen LogP contribution in [0.4, 0.5) is 5.13 Å². The smallest absolute Gasteiger partial charge is 0.308 e. The Hall–Kier alpha value is -1.67. The lowest BCUT2D eigenvalue weighted by Gasteiger charge is -2.14. The van der Waals surface area contributed by atoms with Gasteiger partial charge >= 0.3 is 5.97 Å². The summed E-state index contributed by atoms with van der Waals surface area (Å²) < 4.78 is 1.05. The number of hydrogen-bond acceptors (Lipinski definition) is 6. The fraction of sp³-hybridized carbons (Fsp3) is 0.533. The van der Waals surface area contributed by atoms with E-state index in [2.05, 4.69) is 9.88 Å². The summed E-state index contributed by atoms with van der Waals surface area (Å²) in [6.07, 6.45) is 2.98. The van der Waals surface area contributed by atoms with Gasteiger partial charge in [-0.2, -0.15) is 0 Å². The average Bonchev–Trinajstić information content (AvgIpc) is 3.26. The molecule has 2 aliphatic heterocycles. The highest BCUT2D eigenvalue weighted by atomic mass is 32.1. The summed E-state index contributed by atoms with van der Waals surface area (Å²) in [6.45, 7) is 2.97. The molecule has 2 fully saturated rings. The first kappa shape index (κ1) is 14.9. The number of nitrogens with zero attached hydrogens (tertiary/aromatic N) is 3. The Morgan fingerprint density at radius 1 is 1.22 bits per heavy atom. The minimum atomic E-state index is -0.815. The number of thiophene rings is 1. The zero-order valence-corrected chi connectivity index (χ0v) is 14.2. The Bertz CT molecular complexity index is 732. The fourth-order valence-electron chi connectivity index (χ4n) is 3.17. The van der Waals surface area contributed by atoms with Crippen molar-refractivity contribution in [2.75, 3.05) is 31.1 Å². The summed E-state index contributed by atoms with van der Waals surface area (Å²) >= 11 is 3.06. The van der Waals surface area contributed by atoms with Crippen molar-refractivity contribution in [3.05, 3.63) is 10.9 Å². The van der Waals surface area contributed by atoms with Crippen molar-refractivity contribution in [1.82, 2.24) is 9.88 Å². The molecule has 0 bridgehead atoms. The number of amides is 1. The fourth-order valence-corrected chi connectivity index (χ4v) is 5.41. The van der Waals surface area contributed by atoms with Crippen molar-refractivity contribution in [3.63, 3.8) is 0 Å². The van der Waals surface area contributed by atoms with Crippen molar-refractivity contribution >= 4 is 49.2 Å². The van der Waals surface area contributed by atoms with Crippen LogP contribution in [-0.2, 0) is 4.79 Å². The van der Waals surface area contributed by atoms with Gasteiger partial charge in [0.2, 0.25) is 0 Å². The quantitative estimate of drug-likeness (QED) is 0.920. The van der Waals surface area contributed by atoms with Crippen LogP contribution in [0.25, 0.3) is 9.53 Å². The maximum absolute atomic E-state index is 12.5. The number of thiazole rings is 1. The van der Waals surface area contributed by atoms with E-state index in [0.717, 1.165) is 27.8 Å². The normalized spacial score (nSPS) is 21.5. The standard InChI is InChI=1S/C15H17N3O3S2/c19-13(18-6-3-9(8-18)14(20)21)11-7-10-12(22-11)16-15(23-10)17-4-1-2-5-17/h7,9H,1-6,8H2,(H,20,21). The van der Waals surface area contributed by atoms with Crippen LogP contribution < -0.4 is 4.90 Å². The van der Waals surface area contributed by atoms with Crippen LogP contribution in [0.3, 0.4) is 0 Å². The molecule has 2 saturated heterocycles. The van der Waals surface area contributed by atoms with Crippen LogP contribution >= 0.6 is 22.7 Å². The number of fused-ring (bicyclic) bond motifs is 1. The topological polar surface area (TPSA) is 73.7 Å². The van der Waals surface area contributed by atoms with Gasteiger partial charge in [-0.3, -0.25) is 9.59 Å². The first-order chi connectivity index (χ1) is 11.1. The van der Waals surface area contributed by atoms with Gasteiger partial charge in [0, 0.05) is 26.2 Å². The van der Waals surface area contributed by atoms with Gasteiger partial charge in [-0.05, 0) is 25.3 Å². The predicted octanol–water partition coefficient (Wildman–Crippen LogP) is 2.50. The highest BCUT2D eigenvalue weighted by Gasteiger charge is 2.32. The molecular formula is C15H17N3O3S2. The molecule has 122 valence electrons. The van der Waals surface area contributed by atoms with E-state index in [9.17, 15) is 9.59 Å². The number of carbonyl (C=O) groups excluding carboxylic acids is 1. The molecule has 0 aromatic carbocycles. The van der Waals surface area contributed by atoms with E-state index in [1.54, 1.807) is 16.2 Å². The number of anilines is 1. The van der Waals surface area contributed by atoms with Crippen LogP contribution in [0.1, 0.15) is 28.9 Å². The van der Waals surface area contributed by atoms with E-state index < -0.39 is 11.9 Å². The second kappa shape index (κ2) is 5.76. The molecule has 0 aliphatic carbocycles. The number of carboxylic acids is 1. The Labute approximate surface area is 141 Å².